The Labute approximate surface area is 169 Å². The average Bonchev–Trinajstić information content (AvgIpc) is 3.40. The van der Waals surface area contributed by atoms with Gasteiger partial charge in [-0.25, -0.2) is 15.0 Å². The summed E-state index contributed by atoms with van der Waals surface area (Å²) in [5.41, 5.74) is 8.83. The molecule has 0 saturated heterocycles. The van der Waals surface area contributed by atoms with Crippen LogP contribution in [0.15, 0.2) is 73.4 Å². The highest BCUT2D eigenvalue weighted by Gasteiger charge is 2.13. The standard InChI is InChI=1S/C24H21N5/c1-16-3-4-20(11-17(16)2)18-5-7-19(8-6-18)24-27-22-9-10-29(14-23(22)28-24)13-21-12-25-15-26-21/h3-12,14-15H,13H2,1-2H3,(H,25,26). The van der Waals surface area contributed by atoms with E-state index in [1.165, 1.54) is 22.3 Å². The van der Waals surface area contributed by atoms with Gasteiger partial charge in [0.25, 0.3) is 0 Å². The molecule has 2 aliphatic rings. The number of pyridine rings is 1. The predicted molar refractivity (Wildman–Crippen MR) is 115 cm³/mol. The summed E-state index contributed by atoms with van der Waals surface area (Å²) in [6, 6.07) is 17.0. The van der Waals surface area contributed by atoms with Gasteiger partial charge >= 0.3 is 0 Å². The zero-order valence-corrected chi connectivity index (χ0v) is 16.4. The summed E-state index contributed by atoms with van der Waals surface area (Å²) in [5, 5.41) is 0. The van der Waals surface area contributed by atoms with Gasteiger partial charge in [0.05, 0.1) is 24.3 Å². The van der Waals surface area contributed by atoms with E-state index < -0.39 is 0 Å². The largest absolute Gasteiger partial charge is 0.351 e. The van der Waals surface area contributed by atoms with E-state index in [4.69, 9.17) is 9.97 Å². The van der Waals surface area contributed by atoms with E-state index in [9.17, 15) is 0 Å². The molecule has 5 nitrogen and oxygen atoms in total. The van der Waals surface area contributed by atoms with Crippen molar-refractivity contribution in [2.24, 2.45) is 0 Å². The van der Waals surface area contributed by atoms with Crippen molar-refractivity contribution in [2.45, 2.75) is 20.4 Å². The first-order valence-corrected chi connectivity index (χ1v) is 9.65. The quantitative estimate of drug-likeness (QED) is 0.472. The third kappa shape index (κ3) is 3.43. The molecular formula is C24H21N5. The number of rotatable bonds is 4. The summed E-state index contributed by atoms with van der Waals surface area (Å²) in [4.78, 5) is 16.7. The van der Waals surface area contributed by atoms with Crippen molar-refractivity contribution in [3.8, 4) is 33.9 Å². The van der Waals surface area contributed by atoms with Crippen LogP contribution in [-0.2, 0) is 6.54 Å². The fourth-order valence-electron chi connectivity index (χ4n) is 3.48. The fraction of sp³-hybridized carbons (Fsp3) is 0.125. The Bertz CT molecular complexity index is 1230. The van der Waals surface area contributed by atoms with Crippen molar-refractivity contribution in [3.63, 3.8) is 0 Å². The van der Waals surface area contributed by atoms with Gasteiger partial charge in [-0.2, -0.15) is 0 Å². The van der Waals surface area contributed by atoms with E-state index in [1.54, 1.807) is 6.33 Å². The number of nitrogens with zero attached hydrogens (tertiary/aromatic N) is 4. The lowest BCUT2D eigenvalue weighted by atomic mass is 9.99. The Hall–Kier alpha value is -3.73. The molecule has 0 atom stereocenters. The molecule has 1 aromatic heterocycles. The van der Waals surface area contributed by atoms with E-state index in [0.717, 1.165) is 28.5 Å². The Balaban J connectivity index is 1.43. The van der Waals surface area contributed by atoms with Crippen molar-refractivity contribution in [1.82, 2.24) is 24.5 Å². The van der Waals surface area contributed by atoms with Crippen molar-refractivity contribution < 1.29 is 0 Å². The minimum Gasteiger partial charge on any atom is -0.351 e. The van der Waals surface area contributed by atoms with Crippen molar-refractivity contribution in [1.29, 1.82) is 0 Å². The maximum Gasteiger partial charge on any atom is 0.160 e. The molecule has 0 amide bonds. The molecule has 29 heavy (non-hydrogen) atoms. The molecule has 2 aromatic carbocycles. The average molecular weight is 379 g/mol. The lowest BCUT2D eigenvalue weighted by Gasteiger charge is -2.06. The second kappa shape index (κ2) is 7.02. The second-order valence-electron chi connectivity index (χ2n) is 7.37. The molecule has 0 fully saturated rings. The summed E-state index contributed by atoms with van der Waals surface area (Å²) in [6.45, 7) is 4.99. The number of aromatic amines is 1. The lowest BCUT2D eigenvalue weighted by molar-refractivity contribution is 0.771. The first-order chi connectivity index (χ1) is 14.2. The minimum atomic E-state index is 0.701. The molecule has 1 N–H and O–H groups in total. The molecular weight excluding hydrogens is 358 g/mol. The number of imidazole rings is 2. The normalized spacial score (nSPS) is 11.2. The van der Waals surface area contributed by atoms with Crippen LogP contribution in [0.5, 0.6) is 0 Å². The smallest absolute Gasteiger partial charge is 0.160 e. The maximum atomic E-state index is 4.74. The molecule has 0 bridgehead atoms. The molecule has 0 unspecified atom stereocenters. The molecule has 3 heterocycles. The number of aryl methyl sites for hydroxylation is 2. The molecule has 0 radical (unpaired) electrons. The molecule has 3 aromatic rings. The summed E-state index contributed by atoms with van der Waals surface area (Å²) < 4.78 is 2.07. The molecule has 2 aliphatic heterocycles. The van der Waals surface area contributed by atoms with Gasteiger partial charge in [0, 0.05) is 24.2 Å². The predicted octanol–water partition coefficient (Wildman–Crippen LogP) is 5.11. The number of fused-ring (bicyclic) bond motifs is 1. The highest BCUT2D eigenvalue weighted by atomic mass is 15.0. The van der Waals surface area contributed by atoms with E-state index >= 15 is 0 Å². The Kier molecular flexibility index (Phi) is 4.21. The zero-order chi connectivity index (χ0) is 19.8. The van der Waals surface area contributed by atoms with Gasteiger partial charge in [-0.05, 0) is 42.2 Å². The Morgan fingerprint density at radius 2 is 1.59 bits per heavy atom. The molecule has 142 valence electrons. The number of aromatic nitrogens is 5. The van der Waals surface area contributed by atoms with E-state index in [-0.39, 0.29) is 0 Å². The van der Waals surface area contributed by atoms with Gasteiger partial charge < -0.3 is 9.55 Å². The first-order valence-electron chi connectivity index (χ1n) is 9.65. The highest BCUT2D eigenvalue weighted by Crippen LogP contribution is 2.28. The highest BCUT2D eigenvalue weighted by molar-refractivity contribution is 5.71. The number of H-pyrrole nitrogens is 1. The molecule has 0 spiro atoms. The molecule has 5 rings (SSSR count). The van der Waals surface area contributed by atoms with Crippen molar-refractivity contribution in [2.75, 3.05) is 0 Å². The second-order valence-corrected chi connectivity index (χ2v) is 7.37. The topological polar surface area (TPSA) is 59.4 Å². The molecule has 0 aliphatic carbocycles. The van der Waals surface area contributed by atoms with Crippen LogP contribution in [0.2, 0.25) is 0 Å². The van der Waals surface area contributed by atoms with E-state index in [1.807, 2.05) is 24.7 Å². The van der Waals surface area contributed by atoms with Gasteiger partial charge in [-0.3, -0.25) is 0 Å². The number of hydrogen-bond acceptors (Lipinski definition) is 3. The summed E-state index contributed by atoms with van der Waals surface area (Å²) in [5.74, 6) is 0.754. The monoisotopic (exact) mass is 379 g/mol. The Morgan fingerprint density at radius 1 is 0.828 bits per heavy atom. The van der Waals surface area contributed by atoms with Crippen LogP contribution in [0.25, 0.3) is 33.9 Å². The van der Waals surface area contributed by atoms with Gasteiger partial charge in [0.15, 0.2) is 5.82 Å². The van der Waals surface area contributed by atoms with Crippen LogP contribution >= 0.6 is 0 Å². The minimum absolute atomic E-state index is 0.701. The van der Waals surface area contributed by atoms with Gasteiger partial charge in [0.1, 0.15) is 5.69 Å². The van der Waals surface area contributed by atoms with E-state index in [2.05, 4.69) is 70.8 Å². The fourth-order valence-corrected chi connectivity index (χ4v) is 3.48. The number of hydrogen-bond donors (Lipinski definition) is 1. The van der Waals surface area contributed by atoms with Gasteiger partial charge in [-0.15, -0.1) is 0 Å². The van der Waals surface area contributed by atoms with Crippen molar-refractivity contribution in [3.05, 3.63) is 90.3 Å². The summed E-state index contributed by atoms with van der Waals surface area (Å²) in [7, 11) is 0. The third-order valence-electron chi connectivity index (χ3n) is 5.31. The van der Waals surface area contributed by atoms with Crippen LogP contribution in [0.4, 0.5) is 0 Å². The zero-order valence-electron chi connectivity index (χ0n) is 16.4. The first kappa shape index (κ1) is 17.4. The van der Waals surface area contributed by atoms with Crippen LogP contribution in [0.1, 0.15) is 16.8 Å². The Morgan fingerprint density at radius 3 is 2.34 bits per heavy atom. The SMILES string of the molecule is Cc1ccc(-c2ccc(-c3nc4ccn(Cc5c[nH]cn5)cc-4n3)cc2)cc1C. The van der Waals surface area contributed by atoms with Gasteiger partial charge in [0.2, 0.25) is 0 Å². The van der Waals surface area contributed by atoms with Crippen LogP contribution in [-0.4, -0.2) is 24.5 Å². The molecule has 5 heteroatoms. The van der Waals surface area contributed by atoms with Crippen LogP contribution in [0, 0.1) is 13.8 Å². The van der Waals surface area contributed by atoms with Crippen molar-refractivity contribution >= 4 is 0 Å². The van der Waals surface area contributed by atoms with Crippen LogP contribution < -0.4 is 0 Å². The van der Waals surface area contributed by atoms with Crippen LogP contribution in [0.3, 0.4) is 0 Å². The lowest BCUT2D eigenvalue weighted by Crippen LogP contribution is -2.00. The number of benzene rings is 2. The maximum absolute atomic E-state index is 4.74. The van der Waals surface area contributed by atoms with Gasteiger partial charge in [-0.1, -0.05) is 42.5 Å². The summed E-state index contributed by atoms with van der Waals surface area (Å²) >= 11 is 0. The summed E-state index contributed by atoms with van der Waals surface area (Å²) in [6.07, 6.45) is 7.62. The molecule has 0 saturated carbocycles. The van der Waals surface area contributed by atoms with E-state index in [0.29, 0.717) is 6.54 Å². The number of nitrogens with one attached hydrogen (secondary N) is 1. The third-order valence-corrected chi connectivity index (χ3v) is 5.31.